The van der Waals surface area contributed by atoms with Gasteiger partial charge in [-0.15, -0.1) is 0 Å². The Kier molecular flexibility index (Phi) is 14.1. The van der Waals surface area contributed by atoms with Crippen LogP contribution in [0.3, 0.4) is 0 Å². The minimum absolute atomic E-state index is 0.0185. The molecule has 2 fully saturated rings. The second kappa shape index (κ2) is 16.4. The fourth-order valence-corrected chi connectivity index (χ4v) is 4.94. The number of epoxide rings is 1. The first-order valence-electron chi connectivity index (χ1n) is 14.0. The number of aliphatic hydroxyl groups excluding tert-OH is 3. The van der Waals surface area contributed by atoms with E-state index in [0.717, 1.165) is 56.9 Å². The van der Waals surface area contributed by atoms with Gasteiger partial charge in [0.25, 0.3) is 0 Å². The SMILES string of the molecule is C/C(=C\C(=O)OCCCCCCCCCCC(=O)O)C[C@@H]1OC[C@H](C[C@@H]2O[C@H]2[C@@H](C)[C@H](C)O)[C@@H](O)[C@H]1O. The van der Waals surface area contributed by atoms with Crippen molar-refractivity contribution in [1.29, 1.82) is 0 Å². The molecule has 8 atom stereocenters. The van der Waals surface area contributed by atoms with Gasteiger partial charge in [0, 0.05) is 24.3 Å². The van der Waals surface area contributed by atoms with Crippen LogP contribution >= 0.6 is 0 Å². The van der Waals surface area contributed by atoms with Crippen molar-refractivity contribution >= 4 is 11.9 Å². The molecule has 2 heterocycles. The highest BCUT2D eigenvalue weighted by atomic mass is 16.6. The molecule has 9 heteroatoms. The molecule has 2 rings (SSSR count). The fourth-order valence-electron chi connectivity index (χ4n) is 4.94. The Morgan fingerprint density at radius 1 is 0.973 bits per heavy atom. The number of unbranched alkanes of at least 4 members (excludes halogenated alkanes) is 7. The van der Waals surface area contributed by atoms with Crippen molar-refractivity contribution in [2.24, 2.45) is 11.8 Å². The third kappa shape index (κ3) is 11.8. The molecule has 0 spiro atoms. The minimum atomic E-state index is -1.05. The third-order valence-electron chi connectivity index (χ3n) is 7.59. The van der Waals surface area contributed by atoms with Gasteiger partial charge in [-0.05, 0) is 39.5 Å². The molecule has 0 aromatic heterocycles. The van der Waals surface area contributed by atoms with Crippen molar-refractivity contribution < 1.29 is 44.2 Å². The summed E-state index contributed by atoms with van der Waals surface area (Å²) in [7, 11) is 0. The number of rotatable bonds is 18. The first-order valence-corrected chi connectivity index (χ1v) is 14.0. The molecule has 0 radical (unpaired) electrons. The summed E-state index contributed by atoms with van der Waals surface area (Å²) in [4.78, 5) is 22.6. The van der Waals surface area contributed by atoms with Crippen molar-refractivity contribution in [3.05, 3.63) is 11.6 Å². The Labute approximate surface area is 221 Å². The van der Waals surface area contributed by atoms with Gasteiger partial charge < -0.3 is 34.6 Å². The quantitative estimate of drug-likeness (QED) is 0.0910. The number of carboxylic acid groups (broad SMARTS) is 1. The lowest BCUT2D eigenvalue weighted by Gasteiger charge is -2.38. The van der Waals surface area contributed by atoms with Crippen LogP contribution in [-0.2, 0) is 23.8 Å². The first-order chi connectivity index (χ1) is 17.6. The van der Waals surface area contributed by atoms with Gasteiger partial charge >= 0.3 is 11.9 Å². The van der Waals surface area contributed by atoms with E-state index in [4.69, 9.17) is 19.3 Å². The zero-order valence-corrected chi connectivity index (χ0v) is 22.7. The average Bonchev–Trinajstić information content (AvgIpc) is 3.60. The summed E-state index contributed by atoms with van der Waals surface area (Å²) in [5.41, 5.74) is 0.721. The predicted molar refractivity (Wildman–Crippen MR) is 138 cm³/mol. The average molecular weight is 529 g/mol. The van der Waals surface area contributed by atoms with Gasteiger partial charge in [-0.3, -0.25) is 4.79 Å². The summed E-state index contributed by atoms with van der Waals surface area (Å²) in [6.07, 6.45) is 7.28. The Morgan fingerprint density at radius 2 is 1.59 bits per heavy atom. The summed E-state index contributed by atoms with van der Waals surface area (Å²) >= 11 is 0. The van der Waals surface area contributed by atoms with Gasteiger partial charge in [0.1, 0.15) is 6.10 Å². The van der Waals surface area contributed by atoms with Crippen LogP contribution in [0, 0.1) is 11.8 Å². The molecule has 0 aromatic carbocycles. The van der Waals surface area contributed by atoms with E-state index in [1.807, 2.05) is 6.92 Å². The smallest absolute Gasteiger partial charge is 0.330 e. The van der Waals surface area contributed by atoms with Crippen molar-refractivity contribution in [2.75, 3.05) is 13.2 Å². The van der Waals surface area contributed by atoms with Crippen molar-refractivity contribution in [1.82, 2.24) is 0 Å². The van der Waals surface area contributed by atoms with E-state index in [2.05, 4.69) is 0 Å². The summed E-state index contributed by atoms with van der Waals surface area (Å²) in [6, 6.07) is 0. The number of carbonyl (C=O) groups excluding carboxylic acids is 1. The Hall–Kier alpha value is -1.52. The van der Waals surface area contributed by atoms with E-state index < -0.39 is 36.4 Å². The van der Waals surface area contributed by atoms with E-state index >= 15 is 0 Å². The van der Waals surface area contributed by atoms with E-state index in [0.29, 0.717) is 26.1 Å². The molecule has 214 valence electrons. The summed E-state index contributed by atoms with van der Waals surface area (Å²) < 4.78 is 16.8. The molecule has 2 aliphatic heterocycles. The van der Waals surface area contributed by atoms with Gasteiger partial charge in [-0.1, -0.05) is 51.0 Å². The zero-order chi connectivity index (χ0) is 27.4. The maximum absolute atomic E-state index is 12.1. The lowest BCUT2D eigenvalue weighted by Crippen LogP contribution is -2.50. The Bertz CT molecular complexity index is 722. The topological polar surface area (TPSA) is 146 Å². The number of carbonyl (C=O) groups is 2. The van der Waals surface area contributed by atoms with E-state index in [1.165, 1.54) is 6.08 Å². The van der Waals surface area contributed by atoms with Crippen LogP contribution < -0.4 is 0 Å². The number of aliphatic carboxylic acids is 1. The van der Waals surface area contributed by atoms with E-state index in [9.17, 15) is 24.9 Å². The summed E-state index contributed by atoms with van der Waals surface area (Å²) in [5.74, 6) is -1.37. The van der Waals surface area contributed by atoms with Gasteiger partial charge in [0.15, 0.2) is 0 Å². The Balaban J connectivity index is 1.56. The molecule has 2 saturated heterocycles. The van der Waals surface area contributed by atoms with Crippen molar-refractivity contribution in [2.45, 2.75) is 128 Å². The number of hydrogen-bond donors (Lipinski definition) is 4. The maximum atomic E-state index is 12.1. The molecule has 0 amide bonds. The molecule has 9 nitrogen and oxygen atoms in total. The van der Waals surface area contributed by atoms with Crippen LogP contribution in [0.2, 0.25) is 0 Å². The lowest BCUT2D eigenvalue weighted by atomic mass is 9.85. The van der Waals surface area contributed by atoms with Gasteiger partial charge in [-0.25, -0.2) is 4.79 Å². The monoisotopic (exact) mass is 528 g/mol. The largest absolute Gasteiger partial charge is 0.481 e. The standard InChI is InChI=1S/C28H48O9/c1-18(15-25(32)35-13-11-9-7-5-4-6-8-10-12-24(30)31)14-22-27(34)26(33)21(17-36-22)16-23-28(37-23)19(2)20(3)29/h15,19-23,26-29,33-34H,4-14,16-17H2,1-3H3,(H,30,31)/b18-15+/t19-,20-,21-,22-,23-,26+,27-,28-/m0/s1. The Morgan fingerprint density at radius 3 is 2.22 bits per heavy atom. The summed E-state index contributed by atoms with van der Waals surface area (Å²) in [6.45, 7) is 6.13. The van der Waals surface area contributed by atoms with Crippen LogP contribution in [0.15, 0.2) is 11.6 Å². The normalized spacial score (nSPS) is 29.5. The second-order valence-corrected chi connectivity index (χ2v) is 10.9. The molecule has 2 aliphatic rings. The maximum Gasteiger partial charge on any atom is 0.330 e. The van der Waals surface area contributed by atoms with E-state index in [1.54, 1.807) is 13.8 Å². The third-order valence-corrected chi connectivity index (χ3v) is 7.59. The number of ether oxygens (including phenoxy) is 3. The highest BCUT2D eigenvalue weighted by molar-refractivity contribution is 5.82. The molecular formula is C28H48O9. The van der Waals surface area contributed by atoms with Crippen LogP contribution in [0.25, 0.3) is 0 Å². The van der Waals surface area contributed by atoms with Crippen LogP contribution in [0.1, 0.15) is 91.4 Å². The molecule has 0 bridgehead atoms. The lowest BCUT2D eigenvalue weighted by molar-refractivity contribution is -0.165. The van der Waals surface area contributed by atoms with Crippen molar-refractivity contribution in [3.8, 4) is 0 Å². The first kappa shape index (κ1) is 31.7. The number of esters is 1. The zero-order valence-electron chi connectivity index (χ0n) is 22.7. The molecule has 4 N–H and O–H groups in total. The summed E-state index contributed by atoms with van der Waals surface area (Å²) in [5, 5.41) is 39.5. The molecular weight excluding hydrogens is 480 g/mol. The molecule has 37 heavy (non-hydrogen) atoms. The second-order valence-electron chi connectivity index (χ2n) is 10.9. The number of carboxylic acids is 1. The fraction of sp³-hybridized carbons (Fsp3) is 0.857. The van der Waals surface area contributed by atoms with Gasteiger partial charge in [0.2, 0.25) is 0 Å². The van der Waals surface area contributed by atoms with Crippen LogP contribution in [0.5, 0.6) is 0 Å². The molecule has 0 saturated carbocycles. The van der Waals surface area contributed by atoms with Gasteiger partial charge in [0.05, 0.1) is 43.7 Å². The number of hydrogen-bond acceptors (Lipinski definition) is 8. The van der Waals surface area contributed by atoms with Crippen molar-refractivity contribution in [3.63, 3.8) is 0 Å². The predicted octanol–water partition coefficient (Wildman–Crippen LogP) is 3.37. The van der Waals surface area contributed by atoms with Crippen LogP contribution in [-0.4, -0.2) is 82.2 Å². The minimum Gasteiger partial charge on any atom is -0.481 e. The molecule has 0 aromatic rings. The highest BCUT2D eigenvalue weighted by Crippen LogP contribution is 2.38. The van der Waals surface area contributed by atoms with Gasteiger partial charge in [-0.2, -0.15) is 0 Å². The molecule has 0 unspecified atom stereocenters. The number of aliphatic hydroxyl groups is 3. The van der Waals surface area contributed by atoms with Crippen LogP contribution in [0.4, 0.5) is 0 Å². The highest BCUT2D eigenvalue weighted by Gasteiger charge is 2.48. The van der Waals surface area contributed by atoms with E-state index in [-0.39, 0.29) is 30.5 Å². The molecule has 0 aliphatic carbocycles.